The van der Waals surface area contributed by atoms with Gasteiger partial charge in [-0.1, -0.05) is 96.5 Å². The third-order valence-electron chi connectivity index (χ3n) is 17.2. The Kier molecular flexibility index (Phi) is 9.10. The number of aliphatic carboxylic acids is 1. The number of carboxylic acids is 1. The predicted molar refractivity (Wildman–Crippen MR) is 225 cm³/mol. The Bertz CT molecular complexity index is 2610. The van der Waals surface area contributed by atoms with Crippen LogP contribution in [0.25, 0.3) is 21.9 Å². The SMILES string of the molecule is CC1(C)CC[C@]2(C(=O)O)CC[C@]3(C)C(=CC[C@@H]4[C@@]5(C)C[C@@H](OC(=O)c6cc7ccccc7oc6=O)[C@H](OC(=O)c6cc7ccccc7oc6=O)C(C)(C)[C@@H]5CC[C@]43C)[C@@H]2C1. The van der Waals surface area contributed by atoms with Crippen molar-refractivity contribution in [3.05, 3.63) is 104 Å². The number of rotatable bonds is 5. The summed E-state index contributed by atoms with van der Waals surface area (Å²) in [6.07, 6.45) is 7.03. The highest BCUT2D eigenvalue weighted by molar-refractivity contribution is 5.94. The van der Waals surface area contributed by atoms with Crippen LogP contribution in [-0.2, 0) is 14.3 Å². The van der Waals surface area contributed by atoms with Crippen molar-refractivity contribution in [2.24, 2.45) is 50.2 Å². The third kappa shape index (κ3) is 5.82. The summed E-state index contributed by atoms with van der Waals surface area (Å²) in [7, 11) is 0. The van der Waals surface area contributed by atoms with Crippen LogP contribution in [0.3, 0.4) is 0 Å². The molecule has 316 valence electrons. The summed E-state index contributed by atoms with van der Waals surface area (Å²) < 4.78 is 23.9. The van der Waals surface area contributed by atoms with Gasteiger partial charge < -0.3 is 23.4 Å². The number of allylic oxidation sites excluding steroid dienone is 2. The molecule has 1 N–H and O–H groups in total. The average molecular weight is 817 g/mol. The molecule has 0 spiro atoms. The highest BCUT2D eigenvalue weighted by atomic mass is 16.6. The molecule has 0 bridgehead atoms. The second kappa shape index (κ2) is 13.5. The van der Waals surface area contributed by atoms with E-state index in [1.165, 1.54) is 17.7 Å². The number of fused-ring (bicyclic) bond motifs is 9. The number of carbonyl (C=O) groups excluding carboxylic acids is 2. The van der Waals surface area contributed by atoms with Crippen LogP contribution < -0.4 is 11.3 Å². The molecule has 2 aromatic carbocycles. The van der Waals surface area contributed by atoms with E-state index in [-0.39, 0.29) is 45.1 Å². The minimum Gasteiger partial charge on any atom is -0.481 e. The van der Waals surface area contributed by atoms with Crippen LogP contribution in [0.4, 0.5) is 0 Å². The molecular weight excluding hydrogens is 761 g/mol. The van der Waals surface area contributed by atoms with E-state index >= 15 is 0 Å². The molecule has 0 amide bonds. The summed E-state index contributed by atoms with van der Waals surface area (Å²) in [6.45, 7) is 15.7. The molecule has 0 unspecified atom stereocenters. The van der Waals surface area contributed by atoms with Gasteiger partial charge in [0.1, 0.15) is 34.5 Å². The molecule has 9 atom stereocenters. The van der Waals surface area contributed by atoms with E-state index < -0.39 is 57.6 Å². The lowest BCUT2D eigenvalue weighted by atomic mass is 9.33. The van der Waals surface area contributed by atoms with Crippen molar-refractivity contribution in [3.63, 3.8) is 0 Å². The second-order valence-corrected chi connectivity index (χ2v) is 20.9. The average Bonchev–Trinajstić information content (AvgIpc) is 3.18. The highest BCUT2D eigenvalue weighted by Crippen LogP contribution is 2.76. The van der Waals surface area contributed by atoms with Gasteiger partial charge >= 0.3 is 29.2 Å². The van der Waals surface area contributed by atoms with Crippen LogP contribution in [0, 0.1) is 50.2 Å². The van der Waals surface area contributed by atoms with Crippen molar-refractivity contribution < 1.29 is 37.8 Å². The lowest BCUT2D eigenvalue weighted by molar-refractivity contribution is -0.231. The smallest absolute Gasteiger partial charge is 0.351 e. The molecule has 0 saturated heterocycles. The number of esters is 2. The molecule has 0 radical (unpaired) electrons. The van der Waals surface area contributed by atoms with E-state index in [0.29, 0.717) is 41.2 Å². The van der Waals surface area contributed by atoms with Gasteiger partial charge in [-0.05, 0) is 121 Å². The summed E-state index contributed by atoms with van der Waals surface area (Å²) in [4.78, 5) is 68.2. The van der Waals surface area contributed by atoms with Gasteiger partial charge in [-0.15, -0.1) is 0 Å². The molecule has 9 rings (SSSR count). The maximum absolute atomic E-state index is 14.3. The molecule has 5 aliphatic carbocycles. The van der Waals surface area contributed by atoms with Gasteiger partial charge in [-0.2, -0.15) is 0 Å². The van der Waals surface area contributed by atoms with Crippen LogP contribution in [0.1, 0.15) is 127 Å². The van der Waals surface area contributed by atoms with E-state index in [1.54, 1.807) is 48.5 Å². The van der Waals surface area contributed by atoms with Gasteiger partial charge in [0, 0.05) is 16.2 Å². The maximum atomic E-state index is 14.3. The molecule has 4 aromatic rings. The molecular formula is C50H56O10. The summed E-state index contributed by atoms with van der Waals surface area (Å²) in [6, 6.07) is 16.8. The van der Waals surface area contributed by atoms with Crippen LogP contribution in [0.2, 0.25) is 0 Å². The topological polar surface area (TPSA) is 150 Å². The molecule has 0 aliphatic heterocycles. The highest BCUT2D eigenvalue weighted by Gasteiger charge is 2.71. The fourth-order valence-corrected chi connectivity index (χ4v) is 13.8. The molecule has 10 nitrogen and oxygen atoms in total. The second-order valence-electron chi connectivity index (χ2n) is 20.9. The fourth-order valence-electron chi connectivity index (χ4n) is 13.8. The quantitative estimate of drug-likeness (QED) is 0.117. The van der Waals surface area contributed by atoms with E-state index in [2.05, 4.69) is 54.5 Å². The number of benzene rings is 2. The lowest BCUT2D eigenvalue weighted by Gasteiger charge is -2.71. The van der Waals surface area contributed by atoms with Crippen molar-refractivity contribution in [2.45, 2.75) is 118 Å². The Labute approximate surface area is 349 Å². The van der Waals surface area contributed by atoms with Crippen molar-refractivity contribution in [3.8, 4) is 0 Å². The zero-order valence-corrected chi connectivity index (χ0v) is 35.7. The summed E-state index contributed by atoms with van der Waals surface area (Å²) in [5.74, 6) is -2.35. The minimum atomic E-state index is -0.998. The summed E-state index contributed by atoms with van der Waals surface area (Å²) in [5, 5.41) is 12.0. The van der Waals surface area contributed by atoms with Crippen molar-refractivity contribution >= 4 is 39.8 Å². The third-order valence-corrected chi connectivity index (χ3v) is 17.2. The molecule has 4 saturated carbocycles. The maximum Gasteiger partial charge on any atom is 0.351 e. The fraction of sp³-hybridized carbons (Fsp3) is 0.540. The Morgan fingerprint density at radius 2 is 1.27 bits per heavy atom. The Hall–Kier alpha value is -4.99. The predicted octanol–water partition coefficient (Wildman–Crippen LogP) is 10.1. The van der Waals surface area contributed by atoms with Crippen LogP contribution >= 0.6 is 0 Å². The first kappa shape index (κ1) is 40.4. The first-order chi connectivity index (χ1) is 28.2. The Balaban J connectivity index is 1.12. The number of carbonyl (C=O) groups is 3. The first-order valence-electron chi connectivity index (χ1n) is 21.7. The van der Waals surface area contributed by atoms with Crippen molar-refractivity contribution in [2.75, 3.05) is 0 Å². The summed E-state index contributed by atoms with van der Waals surface area (Å²) >= 11 is 0. The molecule has 5 aliphatic rings. The van der Waals surface area contributed by atoms with E-state index in [9.17, 15) is 29.1 Å². The molecule has 10 heteroatoms. The Morgan fingerprint density at radius 3 is 1.87 bits per heavy atom. The van der Waals surface area contributed by atoms with E-state index in [1.807, 2.05) is 0 Å². The minimum absolute atomic E-state index is 0.00319. The van der Waals surface area contributed by atoms with Gasteiger partial charge in [0.2, 0.25) is 0 Å². The Morgan fingerprint density at radius 1 is 0.700 bits per heavy atom. The van der Waals surface area contributed by atoms with Gasteiger partial charge in [-0.3, -0.25) is 4.79 Å². The zero-order chi connectivity index (χ0) is 42.8. The van der Waals surface area contributed by atoms with Crippen LogP contribution in [-0.4, -0.2) is 35.2 Å². The first-order valence-corrected chi connectivity index (χ1v) is 21.7. The van der Waals surface area contributed by atoms with Crippen LogP contribution in [0.15, 0.2) is 90.7 Å². The van der Waals surface area contributed by atoms with E-state index in [0.717, 1.165) is 38.5 Å². The standard InChI is InChI=1S/C50H56O10/c1-45(2)20-22-50(44(55)56)23-21-48(6)32(33(50)26-45)16-17-38-47(5)27-36(59-42(53)30-24-28-12-8-10-14-34(28)57-40(30)51)39(46(3,4)37(47)18-19-49(38,48)7)60-43(54)31-25-29-13-9-11-15-35(29)58-41(31)52/h8-16,24-25,33,36-39H,17-23,26-27H2,1-7H3,(H,55,56)/t33-,36+,37-,38+,39-,47-,48+,49+,50-/m0/s1. The van der Waals surface area contributed by atoms with Gasteiger partial charge in [0.15, 0.2) is 0 Å². The number of para-hydroxylation sites is 2. The van der Waals surface area contributed by atoms with Crippen LogP contribution in [0.5, 0.6) is 0 Å². The van der Waals surface area contributed by atoms with Gasteiger partial charge in [0.05, 0.1) is 5.41 Å². The number of ether oxygens (including phenoxy) is 2. The molecule has 60 heavy (non-hydrogen) atoms. The van der Waals surface area contributed by atoms with Crippen molar-refractivity contribution in [1.82, 2.24) is 0 Å². The molecule has 2 aromatic heterocycles. The zero-order valence-electron chi connectivity index (χ0n) is 35.7. The molecule has 2 heterocycles. The number of hydrogen-bond acceptors (Lipinski definition) is 9. The summed E-state index contributed by atoms with van der Waals surface area (Å²) in [5.41, 5.74) is -2.59. The monoisotopic (exact) mass is 816 g/mol. The lowest BCUT2D eigenvalue weighted by Crippen LogP contribution is -2.67. The van der Waals surface area contributed by atoms with Crippen molar-refractivity contribution in [1.29, 1.82) is 0 Å². The van der Waals surface area contributed by atoms with Gasteiger partial charge in [0.25, 0.3) is 0 Å². The number of hydrogen-bond donors (Lipinski definition) is 1. The molecule has 4 fully saturated rings. The number of carboxylic acid groups (broad SMARTS) is 1. The normalized spacial score (nSPS) is 35.2. The van der Waals surface area contributed by atoms with Gasteiger partial charge in [-0.25, -0.2) is 19.2 Å². The largest absolute Gasteiger partial charge is 0.481 e. The van der Waals surface area contributed by atoms with E-state index in [4.69, 9.17) is 18.3 Å².